The smallest absolute Gasteiger partial charge is 0.257 e. The molecule has 0 saturated carbocycles. The SMILES string of the molecule is CC(C)CN(CC(C)C)S(=O)(=O)c1ccc(C(=O)Nc2nc3c(s2)Cc2ccccc2-3)cc1. The van der Waals surface area contributed by atoms with Crippen LogP contribution in [0.2, 0.25) is 0 Å². The van der Waals surface area contributed by atoms with Crippen molar-refractivity contribution < 1.29 is 13.2 Å². The molecule has 0 aliphatic heterocycles. The lowest BCUT2D eigenvalue weighted by atomic mass is 10.1. The van der Waals surface area contributed by atoms with Gasteiger partial charge in [0, 0.05) is 35.5 Å². The van der Waals surface area contributed by atoms with Crippen molar-refractivity contribution >= 4 is 32.4 Å². The summed E-state index contributed by atoms with van der Waals surface area (Å²) in [6.07, 6.45) is 0.828. The Hall–Kier alpha value is -2.55. The highest BCUT2D eigenvalue weighted by molar-refractivity contribution is 7.89. The maximum absolute atomic E-state index is 13.2. The molecule has 1 amide bonds. The van der Waals surface area contributed by atoms with Gasteiger partial charge in [-0.1, -0.05) is 52.0 Å². The number of nitrogens with zero attached hydrogens (tertiary/aromatic N) is 2. The minimum absolute atomic E-state index is 0.199. The second kappa shape index (κ2) is 9.37. The molecule has 1 aliphatic rings. The van der Waals surface area contributed by atoms with E-state index in [0.29, 0.717) is 23.8 Å². The molecular formula is C25H29N3O3S2. The summed E-state index contributed by atoms with van der Waals surface area (Å²) in [7, 11) is -3.63. The van der Waals surface area contributed by atoms with Crippen LogP contribution in [0.4, 0.5) is 5.13 Å². The Labute approximate surface area is 199 Å². The Morgan fingerprint density at radius 3 is 2.30 bits per heavy atom. The first-order valence-electron chi connectivity index (χ1n) is 11.1. The van der Waals surface area contributed by atoms with Crippen LogP contribution < -0.4 is 5.32 Å². The zero-order valence-corrected chi connectivity index (χ0v) is 21.0. The van der Waals surface area contributed by atoms with Crippen LogP contribution >= 0.6 is 11.3 Å². The number of benzene rings is 2. The molecular weight excluding hydrogens is 454 g/mol. The monoisotopic (exact) mass is 483 g/mol. The van der Waals surface area contributed by atoms with Gasteiger partial charge in [0.15, 0.2) is 5.13 Å². The van der Waals surface area contributed by atoms with Crippen LogP contribution in [0.1, 0.15) is 48.5 Å². The molecule has 3 aromatic rings. The second-order valence-electron chi connectivity index (χ2n) is 9.21. The van der Waals surface area contributed by atoms with Gasteiger partial charge >= 0.3 is 0 Å². The Morgan fingerprint density at radius 1 is 1.03 bits per heavy atom. The number of fused-ring (bicyclic) bond motifs is 3. The summed E-state index contributed by atoms with van der Waals surface area (Å²) in [6.45, 7) is 8.93. The minimum Gasteiger partial charge on any atom is -0.298 e. The van der Waals surface area contributed by atoms with Crippen molar-refractivity contribution in [1.29, 1.82) is 0 Å². The predicted octanol–water partition coefficient (Wildman–Crippen LogP) is 5.27. The van der Waals surface area contributed by atoms with Crippen molar-refractivity contribution in [3.05, 3.63) is 64.5 Å². The van der Waals surface area contributed by atoms with E-state index in [2.05, 4.69) is 16.4 Å². The Morgan fingerprint density at radius 2 is 1.67 bits per heavy atom. The molecule has 6 nitrogen and oxygen atoms in total. The molecule has 1 aromatic heterocycles. The number of nitrogens with one attached hydrogen (secondary N) is 1. The van der Waals surface area contributed by atoms with E-state index >= 15 is 0 Å². The Kier molecular flexibility index (Phi) is 6.70. The van der Waals surface area contributed by atoms with Crippen molar-refractivity contribution in [2.24, 2.45) is 11.8 Å². The summed E-state index contributed by atoms with van der Waals surface area (Å²) >= 11 is 1.48. The van der Waals surface area contributed by atoms with Crippen LogP contribution in [0.3, 0.4) is 0 Å². The van der Waals surface area contributed by atoms with Crippen LogP contribution in [0.5, 0.6) is 0 Å². The van der Waals surface area contributed by atoms with Crippen molar-refractivity contribution in [2.45, 2.75) is 39.0 Å². The summed E-state index contributed by atoms with van der Waals surface area (Å²) in [4.78, 5) is 18.7. The highest BCUT2D eigenvalue weighted by Crippen LogP contribution is 2.40. The number of rotatable bonds is 8. The third kappa shape index (κ3) is 5.03. The number of sulfonamides is 1. The van der Waals surface area contributed by atoms with Crippen LogP contribution in [0.25, 0.3) is 11.3 Å². The van der Waals surface area contributed by atoms with Gasteiger partial charge < -0.3 is 0 Å². The van der Waals surface area contributed by atoms with Crippen LogP contribution in [-0.4, -0.2) is 36.7 Å². The van der Waals surface area contributed by atoms with E-state index in [1.165, 1.54) is 33.3 Å². The Balaban J connectivity index is 1.49. The highest BCUT2D eigenvalue weighted by atomic mass is 32.2. The largest absolute Gasteiger partial charge is 0.298 e. The van der Waals surface area contributed by atoms with E-state index in [1.54, 1.807) is 12.1 Å². The zero-order valence-electron chi connectivity index (χ0n) is 19.3. The third-order valence-electron chi connectivity index (χ3n) is 5.43. The van der Waals surface area contributed by atoms with Gasteiger partial charge in [-0.05, 0) is 41.7 Å². The van der Waals surface area contributed by atoms with Gasteiger partial charge in [0.25, 0.3) is 5.91 Å². The fourth-order valence-corrected chi connectivity index (χ4v) is 6.76. The molecule has 0 radical (unpaired) electrons. The average Bonchev–Trinajstić information content (AvgIpc) is 3.30. The average molecular weight is 484 g/mol. The van der Waals surface area contributed by atoms with E-state index in [4.69, 9.17) is 0 Å². The first-order chi connectivity index (χ1) is 15.6. The van der Waals surface area contributed by atoms with Gasteiger partial charge in [-0.15, -0.1) is 11.3 Å². The molecule has 8 heteroatoms. The molecule has 2 aromatic carbocycles. The van der Waals surface area contributed by atoms with Crippen LogP contribution in [0, 0.1) is 11.8 Å². The number of carbonyl (C=O) groups excluding carboxylic acids is 1. The molecule has 0 spiro atoms. The lowest BCUT2D eigenvalue weighted by molar-refractivity contribution is 0.102. The molecule has 1 N–H and O–H groups in total. The zero-order chi connectivity index (χ0) is 23.8. The molecule has 1 heterocycles. The number of anilines is 1. The summed E-state index contributed by atoms with van der Waals surface area (Å²) in [5, 5.41) is 3.41. The highest BCUT2D eigenvalue weighted by Gasteiger charge is 2.27. The Bertz CT molecular complexity index is 1250. The summed E-state index contributed by atoms with van der Waals surface area (Å²) in [5.74, 6) is 0.131. The number of hydrogen-bond acceptors (Lipinski definition) is 5. The third-order valence-corrected chi connectivity index (χ3v) is 8.25. The van der Waals surface area contributed by atoms with Gasteiger partial charge in [0.2, 0.25) is 10.0 Å². The lowest BCUT2D eigenvalue weighted by Crippen LogP contribution is -2.37. The molecule has 4 rings (SSSR count). The molecule has 0 bridgehead atoms. The van der Waals surface area contributed by atoms with Crippen LogP contribution in [-0.2, 0) is 16.4 Å². The van der Waals surface area contributed by atoms with E-state index in [9.17, 15) is 13.2 Å². The van der Waals surface area contributed by atoms with Crippen molar-refractivity contribution in [1.82, 2.24) is 9.29 Å². The second-order valence-corrected chi connectivity index (χ2v) is 12.2. The topological polar surface area (TPSA) is 79.4 Å². The van der Waals surface area contributed by atoms with E-state index in [0.717, 1.165) is 22.6 Å². The molecule has 1 aliphatic carbocycles. The molecule has 0 saturated heterocycles. The molecule has 0 fully saturated rings. The number of aromatic nitrogens is 1. The molecule has 33 heavy (non-hydrogen) atoms. The molecule has 0 atom stereocenters. The van der Waals surface area contributed by atoms with E-state index in [1.807, 2.05) is 45.9 Å². The maximum atomic E-state index is 13.2. The van der Waals surface area contributed by atoms with Crippen molar-refractivity contribution in [3.63, 3.8) is 0 Å². The van der Waals surface area contributed by atoms with Gasteiger partial charge in [0.1, 0.15) is 0 Å². The van der Waals surface area contributed by atoms with Crippen molar-refractivity contribution in [3.8, 4) is 11.3 Å². The predicted molar refractivity (Wildman–Crippen MR) is 133 cm³/mol. The molecule has 0 unspecified atom stereocenters. The number of hydrogen-bond donors (Lipinski definition) is 1. The fraction of sp³-hybridized carbons (Fsp3) is 0.360. The van der Waals surface area contributed by atoms with Crippen molar-refractivity contribution in [2.75, 3.05) is 18.4 Å². The minimum atomic E-state index is -3.63. The lowest BCUT2D eigenvalue weighted by Gasteiger charge is -2.25. The first kappa shape index (κ1) is 23.6. The quantitative estimate of drug-likeness (QED) is 0.370. The number of amides is 1. The normalized spacial score (nSPS) is 12.9. The fourth-order valence-electron chi connectivity index (χ4n) is 4.00. The number of carbonyl (C=O) groups is 1. The first-order valence-corrected chi connectivity index (χ1v) is 13.4. The van der Waals surface area contributed by atoms with Gasteiger partial charge in [0.05, 0.1) is 10.6 Å². The van der Waals surface area contributed by atoms with Gasteiger partial charge in [-0.2, -0.15) is 4.31 Å². The number of thiazole rings is 1. The summed E-state index contributed by atoms with van der Waals surface area (Å²) in [6, 6.07) is 14.3. The standard InChI is InChI=1S/C25H29N3O3S2/c1-16(2)14-28(15-17(3)4)33(30,31)20-11-9-18(10-12-20)24(29)27-25-26-23-21-8-6-5-7-19(21)13-22(23)32-25/h5-12,16-17H,13-15H2,1-4H3,(H,26,27,29). The molecule has 174 valence electrons. The van der Waals surface area contributed by atoms with E-state index in [-0.39, 0.29) is 22.6 Å². The summed E-state index contributed by atoms with van der Waals surface area (Å²) in [5.41, 5.74) is 3.70. The van der Waals surface area contributed by atoms with Gasteiger partial charge in [-0.3, -0.25) is 10.1 Å². The van der Waals surface area contributed by atoms with Crippen LogP contribution in [0.15, 0.2) is 53.4 Å². The van der Waals surface area contributed by atoms with E-state index < -0.39 is 10.0 Å². The summed E-state index contributed by atoms with van der Waals surface area (Å²) < 4.78 is 27.9. The van der Waals surface area contributed by atoms with Gasteiger partial charge in [-0.25, -0.2) is 13.4 Å². The maximum Gasteiger partial charge on any atom is 0.257 e.